The van der Waals surface area contributed by atoms with Gasteiger partial charge in [-0.3, -0.25) is 4.99 Å². The Balaban J connectivity index is 0.00000338. The summed E-state index contributed by atoms with van der Waals surface area (Å²) in [5, 5.41) is 3.31. The second kappa shape index (κ2) is 11.8. The van der Waals surface area contributed by atoms with Gasteiger partial charge >= 0.3 is 0 Å². The fourth-order valence-electron chi connectivity index (χ4n) is 2.42. The van der Waals surface area contributed by atoms with Gasteiger partial charge in [0.05, 0.1) is 13.2 Å². The minimum absolute atomic E-state index is 0. The number of guanidine groups is 1. The summed E-state index contributed by atoms with van der Waals surface area (Å²) in [6.07, 6.45) is 2.84. The lowest BCUT2D eigenvalue weighted by Crippen LogP contribution is -2.39. The maximum Gasteiger partial charge on any atom is 0.194 e. The van der Waals surface area contributed by atoms with E-state index in [2.05, 4.69) is 32.8 Å². The van der Waals surface area contributed by atoms with E-state index in [4.69, 9.17) is 4.74 Å². The third kappa shape index (κ3) is 7.23. The molecule has 0 aliphatic rings. The van der Waals surface area contributed by atoms with E-state index < -0.39 is 0 Å². The van der Waals surface area contributed by atoms with E-state index in [1.54, 1.807) is 12.1 Å². The van der Waals surface area contributed by atoms with Crippen molar-refractivity contribution in [3.05, 3.63) is 54.1 Å². The Kier molecular flexibility index (Phi) is 10.1. The van der Waals surface area contributed by atoms with Crippen molar-refractivity contribution in [2.24, 2.45) is 12.0 Å². The molecular formula is C19H28FIN4O. The lowest BCUT2D eigenvalue weighted by Gasteiger charge is -2.22. The molecule has 0 aliphatic carbocycles. The number of aryl methyl sites for hydroxylation is 1. The molecular weight excluding hydrogens is 446 g/mol. The molecule has 5 nitrogen and oxygen atoms in total. The van der Waals surface area contributed by atoms with Crippen LogP contribution in [0.4, 0.5) is 4.39 Å². The molecule has 26 heavy (non-hydrogen) atoms. The third-order valence-electron chi connectivity index (χ3n) is 3.79. The number of hydrogen-bond donors (Lipinski definition) is 1. The van der Waals surface area contributed by atoms with Crippen molar-refractivity contribution < 1.29 is 9.13 Å². The van der Waals surface area contributed by atoms with Crippen LogP contribution in [0.3, 0.4) is 0 Å². The standard InChI is InChI=1S/C19H27FN4O.HI/c1-4-21-19(24(3)15-17-7-5-13-23(17)2)22-12-6-14-25-18-10-8-16(20)9-11-18;/h5,7-11,13H,4,6,12,14-15H2,1-3H3,(H,21,22);1H. The van der Waals surface area contributed by atoms with Gasteiger partial charge in [-0.25, -0.2) is 4.39 Å². The van der Waals surface area contributed by atoms with Crippen LogP contribution in [0.2, 0.25) is 0 Å². The van der Waals surface area contributed by atoms with E-state index in [0.717, 1.165) is 25.5 Å². The summed E-state index contributed by atoms with van der Waals surface area (Å²) >= 11 is 0. The number of aliphatic imine (C=N–C) groups is 1. The van der Waals surface area contributed by atoms with Gasteiger partial charge < -0.3 is 19.5 Å². The smallest absolute Gasteiger partial charge is 0.194 e. The maximum atomic E-state index is 12.8. The minimum Gasteiger partial charge on any atom is -0.494 e. The van der Waals surface area contributed by atoms with Gasteiger partial charge in [0.2, 0.25) is 0 Å². The molecule has 0 fully saturated rings. The van der Waals surface area contributed by atoms with E-state index in [9.17, 15) is 4.39 Å². The highest BCUT2D eigenvalue weighted by Crippen LogP contribution is 2.11. The van der Waals surface area contributed by atoms with Crippen LogP contribution in [0.1, 0.15) is 19.0 Å². The van der Waals surface area contributed by atoms with Gasteiger partial charge in [-0.1, -0.05) is 0 Å². The summed E-state index contributed by atoms with van der Waals surface area (Å²) in [6.45, 7) is 4.89. The van der Waals surface area contributed by atoms with E-state index in [1.807, 2.05) is 26.4 Å². The highest BCUT2D eigenvalue weighted by Gasteiger charge is 2.08. The first-order valence-electron chi connectivity index (χ1n) is 8.58. The zero-order valence-corrected chi connectivity index (χ0v) is 17.9. The Morgan fingerprint density at radius 2 is 2.00 bits per heavy atom. The molecule has 1 aromatic heterocycles. The van der Waals surface area contributed by atoms with Gasteiger partial charge in [-0.05, 0) is 43.3 Å². The monoisotopic (exact) mass is 474 g/mol. The molecule has 0 saturated heterocycles. The number of halogens is 2. The molecule has 1 heterocycles. The molecule has 0 unspecified atom stereocenters. The van der Waals surface area contributed by atoms with Gasteiger partial charge in [-0.2, -0.15) is 0 Å². The molecule has 144 valence electrons. The highest BCUT2D eigenvalue weighted by molar-refractivity contribution is 14.0. The topological polar surface area (TPSA) is 41.8 Å². The molecule has 0 aliphatic heterocycles. The van der Waals surface area contributed by atoms with Crippen molar-refractivity contribution in [2.45, 2.75) is 19.9 Å². The van der Waals surface area contributed by atoms with Crippen molar-refractivity contribution >= 4 is 29.9 Å². The molecule has 0 atom stereocenters. The first kappa shape index (κ1) is 22.3. The van der Waals surface area contributed by atoms with Gasteiger partial charge in [-0.15, -0.1) is 24.0 Å². The summed E-state index contributed by atoms with van der Waals surface area (Å²) in [6, 6.07) is 10.2. The first-order chi connectivity index (χ1) is 12.1. The van der Waals surface area contributed by atoms with Crippen LogP contribution in [0, 0.1) is 5.82 Å². The van der Waals surface area contributed by atoms with Crippen molar-refractivity contribution in [3.8, 4) is 5.75 Å². The number of nitrogens with zero attached hydrogens (tertiary/aromatic N) is 3. The maximum absolute atomic E-state index is 12.8. The van der Waals surface area contributed by atoms with Crippen molar-refractivity contribution in [1.29, 1.82) is 0 Å². The van der Waals surface area contributed by atoms with Gasteiger partial charge in [0.1, 0.15) is 11.6 Å². The second-order valence-corrected chi connectivity index (χ2v) is 5.86. The number of ether oxygens (including phenoxy) is 1. The normalized spacial score (nSPS) is 11.0. The summed E-state index contributed by atoms with van der Waals surface area (Å²) in [7, 11) is 4.07. The van der Waals surface area contributed by atoms with Gasteiger partial charge in [0, 0.05) is 45.5 Å². The quantitative estimate of drug-likeness (QED) is 0.275. The number of rotatable bonds is 8. The van der Waals surface area contributed by atoms with Crippen LogP contribution >= 0.6 is 24.0 Å². The lowest BCUT2D eigenvalue weighted by molar-refractivity contribution is 0.312. The molecule has 1 aromatic carbocycles. The number of aromatic nitrogens is 1. The molecule has 0 amide bonds. The molecule has 1 N–H and O–H groups in total. The molecule has 0 spiro atoms. The van der Waals surface area contributed by atoms with Gasteiger partial charge in [0.25, 0.3) is 0 Å². The average Bonchev–Trinajstić information content (AvgIpc) is 3.00. The van der Waals surface area contributed by atoms with Crippen molar-refractivity contribution in [2.75, 3.05) is 26.7 Å². The van der Waals surface area contributed by atoms with Crippen LogP contribution < -0.4 is 10.1 Å². The van der Waals surface area contributed by atoms with Crippen LogP contribution in [0.5, 0.6) is 5.75 Å². The van der Waals surface area contributed by atoms with Crippen LogP contribution in [-0.2, 0) is 13.6 Å². The molecule has 0 bridgehead atoms. The lowest BCUT2D eigenvalue weighted by atomic mass is 10.3. The summed E-state index contributed by atoms with van der Waals surface area (Å²) < 4.78 is 20.5. The Hall–Kier alpha value is -1.77. The summed E-state index contributed by atoms with van der Waals surface area (Å²) in [4.78, 5) is 6.76. The van der Waals surface area contributed by atoms with Crippen LogP contribution in [-0.4, -0.2) is 42.2 Å². The Bertz CT molecular complexity index is 672. The Morgan fingerprint density at radius 1 is 1.27 bits per heavy atom. The predicted molar refractivity (Wildman–Crippen MR) is 115 cm³/mol. The third-order valence-corrected chi connectivity index (χ3v) is 3.79. The SMILES string of the molecule is CCNC(=NCCCOc1ccc(F)cc1)N(C)Cc1cccn1C.I. The average molecular weight is 474 g/mol. The van der Waals surface area contributed by atoms with E-state index in [0.29, 0.717) is 18.9 Å². The summed E-state index contributed by atoms with van der Waals surface area (Å²) in [5.41, 5.74) is 1.23. The van der Waals surface area contributed by atoms with Crippen molar-refractivity contribution in [1.82, 2.24) is 14.8 Å². The first-order valence-corrected chi connectivity index (χ1v) is 8.58. The number of hydrogen-bond acceptors (Lipinski definition) is 2. The molecule has 7 heteroatoms. The van der Waals surface area contributed by atoms with E-state index >= 15 is 0 Å². The van der Waals surface area contributed by atoms with E-state index in [1.165, 1.54) is 17.8 Å². The van der Waals surface area contributed by atoms with Crippen molar-refractivity contribution in [3.63, 3.8) is 0 Å². The zero-order chi connectivity index (χ0) is 18.1. The number of nitrogens with one attached hydrogen (secondary N) is 1. The second-order valence-electron chi connectivity index (χ2n) is 5.86. The Labute approximate surface area is 172 Å². The van der Waals surface area contributed by atoms with E-state index in [-0.39, 0.29) is 29.8 Å². The van der Waals surface area contributed by atoms with Gasteiger partial charge in [0.15, 0.2) is 5.96 Å². The summed E-state index contributed by atoms with van der Waals surface area (Å²) in [5.74, 6) is 1.30. The largest absolute Gasteiger partial charge is 0.494 e. The van der Waals surface area contributed by atoms with Crippen LogP contribution in [0.25, 0.3) is 0 Å². The zero-order valence-electron chi connectivity index (χ0n) is 15.6. The molecule has 2 rings (SSSR count). The fourth-order valence-corrected chi connectivity index (χ4v) is 2.42. The highest BCUT2D eigenvalue weighted by atomic mass is 127. The minimum atomic E-state index is -0.256. The predicted octanol–water partition coefficient (Wildman–Crippen LogP) is 3.65. The van der Waals surface area contributed by atoms with Crippen LogP contribution in [0.15, 0.2) is 47.6 Å². The number of benzene rings is 1. The Morgan fingerprint density at radius 3 is 2.62 bits per heavy atom. The fraction of sp³-hybridized carbons (Fsp3) is 0.421. The molecule has 2 aromatic rings. The molecule has 0 radical (unpaired) electrons. The molecule has 0 saturated carbocycles.